The second-order valence-corrected chi connectivity index (χ2v) is 6.72. The van der Waals surface area contributed by atoms with E-state index in [2.05, 4.69) is 10.2 Å². The fourth-order valence-corrected chi connectivity index (χ4v) is 3.41. The van der Waals surface area contributed by atoms with Crippen LogP contribution in [0.15, 0.2) is 54.6 Å². The van der Waals surface area contributed by atoms with Gasteiger partial charge in [-0.3, -0.25) is 9.59 Å². The van der Waals surface area contributed by atoms with Gasteiger partial charge in [0.25, 0.3) is 0 Å². The summed E-state index contributed by atoms with van der Waals surface area (Å²) >= 11 is 0. The summed E-state index contributed by atoms with van der Waals surface area (Å²) in [6.07, 6.45) is 0.236. The third kappa shape index (κ3) is 4.78. The summed E-state index contributed by atoms with van der Waals surface area (Å²) in [5.74, 6) is 0.127. The Morgan fingerprint density at radius 3 is 2.26 bits per heavy atom. The molecule has 6 nitrogen and oxygen atoms in total. The molecular weight excluding hydrogens is 342 g/mol. The van der Waals surface area contributed by atoms with Gasteiger partial charge in [-0.25, -0.2) is 0 Å². The van der Waals surface area contributed by atoms with Crippen LogP contribution in [0.4, 0.5) is 5.69 Å². The Hall–Kier alpha value is -3.02. The second kappa shape index (κ2) is 8.58. The van der Waals surface area contributed by atoms with Crippen molar-refractivity contribution >= 4 is 17.5 Å². The van der Waals surface area contributed by atoms with Crippen LogP contribution in [0.5, 0.6) is 5.75 Å². The van der Waals surface area contributed by atoms with Crippen molar-refractivity contribution in [1.82, 2.24) is 10.2 Å². The Morgan fingerprint density at radius 2 is 1.63 bits per heavy atom. The van der Waals surface area contributed by atoms with Gasteiger partial charge >= 0.3 is 0 Å². The normalized spacial score (nSPS) is 15.3. The number of amides is 2. The molecule has 2 aromatic carbocycles. The number of phenols is 1. The van der Waals surface area contributed by atoms with E-state index in [9.17, 15) is 14.7 Å². The summed E-state index contributed by atoms with van der Waals surface area (Å²) in [5.41, 5.74) is 1.72. The number of rotatable bonds is 5. The van der Waals surface area contributed by atoms with Gasteiger partial charge in [-0.05, 0) is 17.7 Å². The van der Waals surface area contributed by atoms with E-state index in [1.165, 1.54) is 6.92 Å². The predicted molar refractivity (Wildman–Crippen MR) is 105 cm³/mol. The molecule has 1 heterocycles. The van der Waals surface area contributed by atoms with E-state index in [0.717, 1.165) is 11.3 Å². The predicted octanol–water partition coefficient (Wildman–Crippen LogP) is 2.31. The second-order valence-electron chi connectivity index (χ2n) is 6.72. The quantitative estimate of drug-likeness (QED) is 0.851. The molecular formula is C21H25N3O3. The average Bonchev–Trinajstić information content (AvgIpc) is 2.68. The number of carbonyl (C=O) groups is 2. The maximum absolute atomic E-state index is 12.8. The number of hydrogen-bond donors (Lipinski definition) is 2. The molecule has 1 aliphatic heterocycles. The van der Waals surface area contributed by atoms with E-state index in [-0.39, 0.29) is 30.0 Å². The minimum Gasteiger partial charge on any atom is -0.506 e. The van der Waals surface area contributed by atoms with Gasteiger partial charge in [0.05, 0.1) is 18.2 Å². The van der Waals surface area contributed by atoms with Gasteiger partial charge in [0.2, 0.25) is 11.8 Å². The summed E-state index contributed by atoms with van der Waals surface area (Å²) < 4.78 is 0. The minimum atomic E-state index is -0.326. The van der Waals surface area contributed by atoms with Crippen molar-refractivity contribution in [3.63, 3.8) is 0 Å². The highest BCUT2D eigenvalue weighted by Crippen LogP contribution is 2.27. The lowest BCUT2D eigenvalue weighted by Crippen LogP contribution is -2.49. The summed E-state index contributed by atoms with van der Waals surface area (Å²) in [6.45, 7) is 3.98. The number of nitrogens with zero attached hydrogens (tertiary/aromatic N) is 2. The molecule has 2 amide bonds. The maximum Gasteiger partial charge on any atom is 0.225 e. The fourth-order valence-electron chi connectivity index (χ4n) is 3.41. The number of para-hydroxylation sites is 2. The molecule has 0 aromatic heterocycles. The van der Waals surface area contributed by atoms with E-state index in [1.807, 2.05) is 47.4 Å². The van der Waals surface area contributed by atoms with Crippen molar-refractivity contribution in [3.05, 3.63) is 60.2 Å². The number of hydrogen-bond acceptors (Lipinski definition) is 4. The van der Waals surface area contributed by atoms with Gasteiger partial charge in [0, 0.05) is 33.1 Å². The van der Waals surface area contributed by atoms with Crippen LogP contribution < -0.4 is 10.2 Å². The molecule has 142 valence electrons. The van der Waals surface area contributed by atoms with Crippen molar-refractivity contribution in [2.45, 2.75) is 19.4 Å². The fraction of sp³-hybridized carbons (Fsp3) is 0.333. The Morgan fingerprint density at radius 1 is 1.00 bits per heavy atom. The molecule has 1 unspecified atom stereocenters. The summed E-state index contributed by atoms with van der Waals surface area (Å²) in [7, 11) is 0. The molecule has 0 aliphatic carbocycles. The average molecular weight is 367 g/mol. The number of phenolic OH excluding ortho intramolecular Hbond substituents is 1. The Bertz CT molecular complexity index is 786. The smallest absolute Gasteiger partial charge is 0.225 e. The monoisotopic (exact) mass is 367 g/mol. The molecule has 0 saturated carbocycles. The number of nitrogens with one attached hydrogen (secondary N) is 1. The molecule has 0 radical (unpaired) electrons. The summed E-state index contributed by atoms with van der Waals surface area (Å²) in [4.78, 5) is 28.2. The Kier molecular flexibility index (Phi) is 5.96. The molecule has 3 rings (SSSR count). The molecule has 6 heteroatoms. The van der Waals surface area contributed by atoms with Crippen LogP contribution in [0, 0.1) is 0 Å². The van der Waals surface area contributed by atoms with Crippen LogP contribution in [0.25, 0.3) is 0 Å². The largest absolute Gasteiger partial charge is 0.506 e. The maximum atomic E-state index is 12.8. The van der Waals surface area contributed by atoms with Crippen LogP contribution in [0.2, 0.25) is 0 Å². The summed E-state index contributed by atoms with van der Waals surface area (Å²) in [6, 6.07) is 16.5. The lowest BCUT2D eigenvalue weighted by atomic mass is 10.0. The first-order valence-corrected chi connectivity index (χ1v) is 9.17. The van der Waals surface area contributed by atoms with Crippen molar-refractivity contribution in [2.24, 2.45) is 0 Å². The van der Waals surface area contributed by atoms with E-state index in [4.69, 9.17) is 0 Å². The molecule has 1 saturated heterocycles. The van der Waals surface area contributed by atoms with Crippen LogP contribution in [-0.2, 0) is 9.59 Å². The van der Waals surface area contributed by atoms with Crippen LogP contribution in [0.1, 0.15) is 24.9 Å². The van der Waals surface area contributed by atoms with E-state index >= 15 is 0 Å². The molecule has 27 heavy (non-hydrogen) atoms. The Labute approximate surface area is 159 Å². The zero-order valence-corrected chi connectivity index (χ0v) is 15.5. The highest BCUT2D eigenvalue weighted by molar-refractivity contribution is 5.79. The van der Waals surface area contributed by atoms with Crippen molar-refractivity contribution < 1.29 is 14.7 Å². The zero-order valence-electron chi connectivity index (χ0n) is 15.5. The number of benzene rings is 2. The van der Waals surface area contributed by atoms with E-state index in [0.29, 0.717) is 26.2 Å². The van der Waals surface area contributed by atoms with Crippen LogP contribution >= 0.6 is 0 Å². The zero-order chi connectivity index (χ0) is 19.2. The first-order chi connectivity index (χ1) is 13.0. The lowest BCUT2D eigenvalue weighted by Gasteiger charge is -2.37. The molecule has 1 atom stereocenters. The van der Waals surface area contributed by atoms with Crippen LogP contribution in [-0.4, -0.2) is 48.0 Å². The van der Waals surface area contributed by atoms with Crippen molar-refractivity contribution in [1.29, 1.82) is 0 Å². The first kappa shape index (κ1) is 18.8. The molecule has 0 bridgehead atoms. The topological polar surface area (TPSA) is 72.9 Å². The number of aromatic hydroxyl groups is 1. The minimum absolute atomic E-state index is 0.0227. The van der Waals surface area contributed by atoms with Gasteiger partial charge in [-0.2, -0.15) is 0 Å². The molecule has 1 aliphatic rings. The molecule has 1 fully saturated rings. The number of piperazine rings is 1. The number of carbonyl (C=O) groups excluding carboxylic acids is 2. The molecule has 2 N–H and O–H groups in total. The van der Waals surface area contributed by atoms with Gasteiger partial charge in [0.1, 0.15) is 5.75 Å². The SMILES string of the molecule is CC(=O)NC(CC(=O)N1CCN(c2ccccc2O)CC1)c1ccccc1. The van der Waals surface area contributed by atoms with Gasteiger partial charge in [0.15, 0.2) is 0 Å². The molecule has 2 aromatic rings. The van der Waals surface area contributed by atoms with E-state index in [1.54, 1.807) is 12.1 Å². The summed E-state index contributed by atoms with van der Waals surface area (Å²) in [5, 5.41) is 12.9. The van der Waals surface area contributed by atoms with Crippen molar-refractivity contribution in [3.8, 4) is 5.75 Å². The third-order valence-corrected chi connectivity index (χ3v) is 4.81. The molecule has 0 spiro atoms. The van der Waals surface area contributed by atoms with E-state index < -0.39 is 0 Å². The standard InChI is InChI=1S/C21H25N3O3/c1-16(25)22-18(17-7-3-2-4-8-17)15-21(27)24-13-11-23(12-14-24)19-9-5-6-10-20(19)26/h2-10,18,26H,11-15H2,1H3,(H,22,25). The Balaban J connectivity index is 1.61. The third-order valence-electron chi connectivity index (χ3n) is 4.81. The van der Waals surface area contributed by atoms with Gasteiger partial charge in [-0.1, -0.05) is 42.5 Å². The van der Waals surface area contributed by atoms with Gasteiger partial charge < -0.3 is 20.2 Å². The lowest BCUT2D eigenvalue weighted by molar-refractivity contribution is -0.132. The van der Waals surface area contributed by atoms with Gasteiger partial charge in [-0.15, -0.1) is 0 Å². The highest BCUT2D eigenvalue weighted by Gasteiger charge is 2.25. The first-order valence-electron chi connectivity index (χ1n) is 9.17. The van der Waals surface area contributed by atoms with Crippen molar-refractivity contribution in [2.75, 3.05) is 31.1 Å². The van der Waals surface area contributed by atoms with Crippen LogP contribution in [0.3, 0.4) is 0 Å². The highest BCUT2D eigenvalue weighted by atomic mass is 16.3. The number of anilines is 1.